The molecule has 2 aromatic carbocycles. The van der Waals surface area contributed by atoms with E-state index in [2.05, 4.69) is 0 Å². The molecule has 1 N–H and O–H groups in total. The van der Waals surface area contributed by atoms with Crippen LogP contribution >= 0.6 is 0 Å². The molecule has 0 saturated heterocycles. The van der Waals surface area contributed by atoms with Gasteiger partial charge in [-0.2, -0.15) is 0 Å². The predicted octanol–water partition coefficient (Wildman–Crippen LogP) is 2.97. The number of aliphatic hydroxyl groups is 1. The first-order chi connectivity index (χ1) is 11.2. The van der Waals surface area contributed by atoms with E-state index >= 15 is 0 Å². The highest BCUT2D eigenvalue weighted by Crippen LogP contribution is 2.32. The Morgan fingerprint density at radius 2 is 1.83 bits per heavy atom. The van der Waals surface area contributed by atoms with E-state index in [1.807, 2.05) is 18.2 Å². The van der Waals surface area contributed by atoms with Gasteiger partial charge < -0.3 is 19.0 Å². The third-order valence-electron chi connectivity index (χ3n) is 3.67. The van der Waals surface area contributed by atoms with Gasteiger partial charge in [-0.25, -0.2) is 0 Å². The Bertz CT molecular complexity index is 897. The van der Waals surface area contributed by atoms with Crippen LogP contribution in [0.2, 0.25) is 0 Å². The lowest BCUT2D eigenvalue weighted by Gasteiger charge is -2.12. The minimum Gasteiger partial charge on any atom is -0.496 e. The quantitative estimate of drug-likeness (QED) is 0.802. The minimum absolute atomic E-state index is 0.212. The fraction of sp³-hybridized carbons (Fsp3) is 0.167. The lowest BCUT2D eigenvalue weighted by molar-refractivity contribution is 0.249. The van der Waals surface area contributed by atoms with E-state index in [9.17, 15) is 9.90 Å². The maximum atomic E-state index is 13.0. The zero-order valence-corrected chi connectivity index (χ0v) is 12.8. The number of rotatable bonds is 4. The minimum atomic E-state index is -0.380. The Morgan fingerprint density at radius 1 is 1.09 bits per heavy atom. The molecule has 0 aliphatic heterocycles. The molecule has 0 saturated carbocycles. The van der Waals surface area contributed by atoms with Gasteiger partial charge >= 0.3 is 0 Å². The molecule has 1 heterocycles. The van der Waals surface area contributed by atoms with Gasteiger partial charge in [-0.15, -0.1) is 0 Å². The van der Waals surface area contributed by atoms with Crippen molar-refractivity contribution in [1.29, 1.82) is 0 Å². The molecule has 1 aromatic heterocycles. The van der Waals surface area contributed by atoms with Crippen molar-refractivity contribution in [3.63, 3.8) is 0 Å². The monoisotopic (exact) mass is 312 g/mol. The van der Waals surface area contributed by atoms with E-state index in [0.29, 0.717) is 33.6 Å². The Kier molecular flexibility index (Phi) is 4.04. The van der Waals surface area contributed by atoms with Crippen LogP contribution in [0.4, 0.5) is 0 Å². The van der Waals surface area contributed by atoms with Gasteiger partial charge in [0.05, 0.1) is 19.8 Å². The maximum absolute atomic E-state index is 13.0. The number of methoxy groups -OCH3 is 2. The molecule has 0 fully saturated rings. The van der Waals surface area contributed by atoms with Crippen molar-refractivity contribution in [2.24, 2.45) is 0 Å². The average Bonchev–Trinajstić information content (AvgIpc) is 2.60. The molecule has 3 aromatic rings. The second-order valence-electron chi connectivity index (χ2n) is 4.96. The number of hydrogen-bond donors (Lipinski definition) is 1. The third kappa shape index (κ3) is 2.55. The standard InChI is InChI=1S/C18H16O5/c1-21-12-8-13(22-2)17-14(9-12)23-15(10-19)16(18(17)20)11-6-4-3-5-7-11/h3-9,19H,10H2,1-2H3. The molecule has 0 unspecified atom stereocenters. The topological polar surface area (TPSA) is 68.9 Å². The lowest BCUT2D eigenvalue weighted by Crippen LogP contribution is -2.10. The summed E-state index contributed by atoms with van der Waals surface area (Å²) in [6, 6.07) is 12.3. The van der Waals surface area contributed by atoms with Crippen molar-refractivity contribution in [2.45, 2.75) is 6.61 Å². The number of aliphatic hydroxyl groups excluding tert-OH is 1. The van der Waals surface area contributed by atoms with Crippen LogP contribution in [-0.2, 0) is 6.61 Å². The van der Waals surface area contributed by atoms with E-state index in [1.165, 1.54) is 14.2 Å². The first-order valence-corrected chi connectivity index (χ1v) is 7.07. The average molecular weight is 312 g/mol. The summed E-state index contributed by atoms with van der Waals surface area (Å²) in [7, 11) is 3.00. The van der Waals surface area contributed by atoms with Crippen molar-refractivity contribution in [1.82, 2.24) is 0 Å². The molecule has 3 rings (SSSR count). The van der Waals surface area contributed by atoms with Crippen molar-refractivity contribution < 1.29 is 19.0 Å². The van der Waals surface area contributed by atoms with Gasteiger partial charge in [-0.1, -0.05) is 30.3 Å². The molecular formula is C18H16O5. The van der Waals surface area contributed by atoms with Crippen molar-refractivity contribution in [2.75, 3.05) is 14.2 Å². The van der Waals surface area contributed by atoms with E-state index < -0.39 is 0 Å². The van der Waals surface area contributed by atoms with E-state index in [1.54, 1.807) is 24.3 Å². The van der Waals surface area contributed by atoms with Gasteiger partial charge in [0.25, 0.3) is 0 Å². The van der Waals surface area contributed by atoms with Gasteiger partial charge in [0.2, 0.25) is 5.43 Å². The fourth-order valence-electron chi connectivity index (χ4n) is 2.59. The van der Waals surface area contributed by atoms with Crippen LogP contribution in [0.5, 0.6) is 11.5 Å². The van der Waals surface area contributed by atoms with E-state index in [-0.39, 0.29) is 17.8 Å². The molecule has 0 aliphatic rings. The van der Waals surface area contributed by atoms with Crippen molar-refractivity contribution in [3.05, 3.63) is 58.4 Å². The maximum Gasteiger partial charge on any atom is 0.204 e. The summed E-state index contributed by atoms with van der Waals surface area (Å²) in [4.78, 5) is 13.0. The van der Waals surface area contributed by atoms with Crippen LogP contribution in [0.15, 0.2) is 51.7 Å². The van der Waals surface area contributed by atoms with Crippen LogP contribution in [-0.4, -0.2) is 19.3 Å². The summed E-state index contributed by atoms with van der Waals surface area (Å²) in [6.07, 6.45) is 0. The molecule has 0 spiro atoms. The second-order valence-corrected chi connectivity index (χ2v) is 4.96. The number of benzene rings is 2. The molecular weight excluding hydrogens is 296 g/mol. The summed E-state index contributed by atoms with van der Waals surface area (Å²) in [5.74, 6) is 1.09. The molecule has 0 aliphatic carbocycles. The van der Waals surface area contributed by atoms with Crippen LogP contribution in [0.1, 0.15) is 5.76 Å². The third-order valence-corrected chi connectivity index (χ3v) is 3.67. The fourth-order valence-corrected chi connectivity index (χ4v) is 2.59. The highest BCUT2D eigenvalue weighted by Gasteiger charge is 2.19. The highest BCUT2D eigenvalue weighted by atomic mass is 16.5. The molecule has 118 valence electrons. The normalized spacial score (nSPS) is 10.7. The molecule has 0 bridgehead atoms. The van der Waals surface area contributed by atoms with Crippen molar-refractivity contribution in [3.8, 4) is 22.6 Å². The Morgan fingerprint density at radius 3 is 2.43 bits per heavy atom. The predicted molar refractivity (Wildman–Crippen MR) is 86.9 cm³/mol. The smallest absolute Gasteiger partial charge is 0.204 e. The zero-order chi connectivity index (χ0) is 16.4. The molecule has 5 nitrogen and oxygen atoms in total. The molecule has 0 atom stereocenters. The van der Waals surface area contributed by atoms with Gasteiger partial charge in [-0.3, -0.25) is 4.79 Å². The number of ether oxygens (including phenoxy) is 2. The lowest BCUT2D eigenvalue weighted by atomic mass is 10.0. The Labute approximate surface area is 132 Å². The number of fused-ring (bicyclic) bond motifs is 1. The molecule has 0 radical (unpaired) electrons. The largest absolute Gasteiger partial charge is 0.496 e. The molecule has 5 heteroatoms. The van der Waals surface area contributed by atoms with Crippen LogP contribution in [0.3, 0.4) is 0 Å². The molecule has 23 heavy (non-hydrogen) atoms. The summed E-state index contributed by atoms with van der Waals surface area (Å²) in [6.45, 7) is -0.380. The van der Waals surface area contributed by atoms with Crippen LogP contribution in [0, 0.1) is 0 Å². The second kappa shape index (κ2) is 6.14. The number of hydrogen-bond acceptors (Lipinski definition) is 5. The first-order valence-electron chi connectivity index (χ1n) is 7.07. The van der Waals surface area contributed by atoms with Crippen molar-refractivity contribution >= 4 is 11.0 Å². The summed E-state index contributed by atoms with van der Waals surface area (Å²) < 4.78 is 16.3. The van der Waals surface area contributed by atoms with E-state index in [0.717, 1.165) is 0 Å². The summed E-state index contributed by atoms with van der Waals surface area (Å²) >= 11 is 0. The summed E-state index contributed by atoms with van der Waals surface area (Å²) in [5.41, 5.74) is 1.09. The SMILES string of the molecule is COc1cc(OC)c2c(=O)c(-c3ccccc3)c(CO)oc2c1. The van der Waals surface area contributed by atoms with Gasteiger partial charge in [0, 0.05) is 12.1 Å². The van der Waals surface area contributed by atoms with Gasteiger partial charge in [-0.05, 0) is 5.56 Å². The zero-order valence-electron chi connectivity index (χ0n) is 12.8. The first kappa shape index (κ1) is 15.1. The van der Waals surface area contributed by atoms with Gasteiger partial charge in [0.1, 0.15) is 34.8 Å². The highest BCUT2D eigenvalue weighted by molar-refractivity contribution is 5.89. The Balaban J connectivity index is 2.42. The van der Waals surface area contributed by atoms with Gasteiger partial charge in [0.15, 0.2) is 0 Å². The summed E-state index contributed by atoms with van der Waals surface area (Å²) in [5, 5.41) is 9.94. The Hall–Kier alpha value is -2.79. The van der Waals surface area contributed by atoms with E-state index in [4.69, 9.17) is 13.9 Å². The van der Waals surface area contributed by atoms with Crippen LogP contribution in [0.25, 0.3) is 22.1 Å². The molecule has 0 amide bonds. The van der Waals surface area contributed by atoms with Crippen LogP contribution < -0.4 is 14.9 Å².